The zero-order valence-corrected chi connectivity index (χ0v) is 11.3. The van der Waals surface area contributed by atoms with E-state index in [1.54, 1.807) is 0 Å². The van der Waals surface area contributed by atoms with E-state index in [-0.39, 0.29) is 11.9 Å². The van der Waals surface area contributed by atoms with E-state index in [0.29, 0.717) is 25.3 Å². The molecular weight excluding hydrogens is 230 g/mol. The summed E-state index contributed by atoms with van der Waals surface area (Å²) in [6.07, 6.45) is 5.42. The maximum Gasteiger partial charge on any atom is 0.319 e. The fourth-order valence-electron chi connectivity index (χ4n) is 2.93. The Morgan fingerprint density at radius 3 is 2.22 bits per heavy atom. The van der Waals surface area contributed by atoms with Gasteiger partial charge in [0.05, 0.1) is 0 Å². The van der Waals surface area contributed by atoms with Gasteiger partial charge in [-0.05, 0) is 31.6 Å². The third kappa shape index (κ3) is 2.38. The number of hydrogen-bond acceptors (Lipinski definition) is 2. The molecule has 1 amide bonds. The first-order chi connectivity index (χ1) is 8.47. The highest BCUT2D eigenvalue weighted by molar-refractivity contribution is 6.04. The summed E-state index contributed by atoms with van der Waals surface area (Å²) < 4.78 is 0. The van der Waals surface area contributed by atoms with Gasteiger partial charge in [0.2, 0.25) is 5.91 Å². The molecule has 0 atom stereocenters. The van der Waals surface area contributed by atoms with Crippen molar-refractivity contribution < 1.29 is 14.7 Å². The largest absolute Gasteiger partial charge is 0.480 e. The minimum absolute atomic E-state index is 0.129. The van der Waals surface area contributed by atoms with Crippen molar-refractivity contribution in [1.29, 1.82) is 0 Å². The fourth-order valence-corrected chi connectivity index (χ4v) is 2.93. The lowest BCUT2D eigenvalue weighted by atomic mass is 10.0. The second-order valence-electron chi connectivity index (χ2n) is 6.18. The Kier molecular flexibility index (Phi) is 3.64. The first-order valence-corrected chi connectivity index (χ1v) is 7.02. The summed E-state index contributed by atoms with van der Waals surface area (Å²) in [7, 11) is 0. The molecule has 0 aliphatic heterocycles. The van der Waals surface area contributed by atoms with Gasteiger partial charge < -0.3 is 10.0 Å². The van der Waals surface area contributed by atoms with Crippen LogP contribution in [0, 0.1) is 11.3 Å². The van der Waals surface area contributed by atoms with E-state index in [9.17, 15) is 14.7 Å². The summed E-state index contributed by atoms with van der Waals surface area (Å²) in [5.74, 6) is -0.672. The Labute approximate surface area is 108 Å². The molecule has 0 unspecified atom stereocenters. The van der Waals surface area contributed by atoms with Gasteiger partial charge in [-0.15, -0.1) is 0 Å². The van der Waals surface area contributed by atoms with Gasteiger partial charge in [0, 0.05) is 12.6 Å². The lowest BCUT2D eigenvalue weighted by Crippen LogP contribution is -2.47. The second kappa shape index (κ2) is 4.90. The smallest absolute Gasteiger partial charge is 0.319 e. The lowest BCUT2D eigenvalue weighted by molar-refractivity contribution is -0.154. The van der Waals surface area contributed by atoms with E-state index in [1.807, 2.05) is 4.90 Å². The van der Waals surface area contributed by atoms with Crippen molar-refractivity contribution in [2.24, 2.45) is 11.3 Å². The summed E-state index contributed by atoms with van der Waals surface area (Å²) in [5, 5.41) is 9.25. The second-order valence-corrected chi connectivity index (χ2v) is 6.18. The van der Waals surface area contributed by atoms with Crippen LogP contribution in [0.25, 0.3) is 0 Å². The topological polar surface area (TPSA) is 57.6 Å². The molecule has 102 valence electrons. The fraction of sp³-hybridized carbons (Fsp3) is 0.857. The molecule has 4 heteroatoms. The van der Waals surface area contributed by atoms with Crippen LogP contribution in [0.1, 0.15) is 52.4 Å². The van der Waals surface area contributed by atoms with Crippen LogP contribution in [0.5, 0.6) is 0 Å². The van der Waals surface area contributed by atoms with Crippen LogP contribution < -0.4 is 0 Å². The van der Waals surface area contributed by atoms with Crippen molar-refractivity contribution in [3.05, 3.63) is 0 Å². The molecule has 0 radical (unpaired) electrons. The van der Waals surface area contributed by atoms with Crippen LogP contribution in [0.4, 0.5) is 0 Å². The number of nitrogens with zero attached hydrogens (tertiary/aromatic N) is 1. The van der Waals surface area contributed by atoms with Crippen LogP contribution in [-0.2, 0) is 9.59 Å². The number of carboxylic acid groups (broad SMARTS) is 1. The Morgan fingerprint density at radius 2 is 1.83 bits per heavy atom. The van der Waals surface area contributed by atoms with Crippen molar-refractivity contribution in [3.63, 3.8) is 0 Å². The van der Waals surface area contributed by atoms with E-state index in [1.165, 1.54) is 0 Å². The monoisotopic (exact) mass is 253 g/mol. The number of carboxylic acids is 1. The molecular formula is C14H23NO3. The molecule has 0 bridgehead atoms. The number of aliphatic carboxylic acids is 1. The number of rotatable bonds is 5. The number of amides is 1. The average molecular weight is 253 g/mol. The Morgan fingerprint density at radius 1 is 1.28 bits per heavy atom. The predicted molar refractivity (Wildman–Crippen MR) is 68.1 cm³/mol. The SMILES string of the molecule is CC(C)CN(C(=O)C1(C(=O)O)CC1)C1CCCC1. The van der Waals surface area contributed by atoms with Gasteiger partial charge in [0.25, 0.3) is 0 Å². The quantitative estimate of drug-likeness (QED) is 0.765. The number of hydrogen-bond donors (Lipinski definition) is 1. The van der Waals surface area contributed by atoms with E-state index in [4.69, 9.17) is 0 Å². The Hall–Kier alpha value is -1.06. The van der Waals surface area contributed by atoms with Crippen LogP contribution in [-0.4, -0.2) is 34.5 Å². The molecule has 2 aliphatic carbocycles. The minimum atomic E-state index is -1.07. The summed E-state index contributed by atoms with van der Waals surface area (Å²) >= 11 is 0. The summed E-state index contributed by atoms with van der Waals surface area (Å²) in [6.45, 7) is 4.85. The third-order valence-corrected chi connectivity index (χ3v) is 4.16. The van der Waals surface area contributed by atoms with Gasteiger partial charge in [-0.25, -0.2) is 0 Å². The van der Waals surface area contributed by atoms with Gasteiger partial charge in [0.1, 0.15) is 5.41 Å². The average Bonchev–Trinajstić information content (AvgIpc) is 2.95. The van der Waals surface area contributed by atoms with Crippen LogP contribution in [0.15, 0.2) is 0 Å². The molecule has 0 saturated heterocycles. The van der Waals surface area contributed by atoms with Crippen LogP contribution in [0.2, 0.25) is 0 Å². The van der Waals surface area contributed by atoms with Gasteiger partial charge in [0.15, 0.2) is 0 Å². The van der Waals surface area contributed by atoms with E-state index in [2.05, 4.69) is 13.8 Å². The summed E-state index contributed by atoms with van der Waals surface area (Å²) in [4.78, 5) is 25.7. The normalized spacial score (nSPS) is 22.2. The molecule has 18 heavy (non-hydrogen) atoms. The molecule has 0 aromatic carbocycles. The molecule has 2 fully saturated rings. The van der Waals surface area contributed by atoms with Gasteiger partial charge in [-0.1, -0.05) is 26.7 Å². The van der Waals surface area contributed by atoms with Crippen molar-refractivity contribution in [1.82, 2.24) is 4.90 Å². The molecule has 2 aliphatic rings. The van der Waals surface area contributed by atoms with E-state index >= 15 is 0 Å². The highest BCUT2D eigenvalue weighted by Gasteiger charge is 2.59. The maximum absolute atomic E-state index is 12.5. The molecule has 1 N–H and O–H groups in total. The van der Waals surface area contributed by atoms with Crippen molar-refractivity contribution in [2.45, 2.75) is 58.4 Å². The summed E-state index contributed by atoms with van der Waals surface area (Å²) in [6, 6.07) is 0.275. The summed E-state index contributed by atoms with van der Waals surface area (Å²) in [5.41, 5.74) is -1.07. The first kappa shape index (κ1) is 13.4. The van der Waals surface area contributed by atoms with Crippen molar-refractivity contribution in [3.8, 4) is 0 Å². The molecule has 4 nitrogen and oxygen atoms in total. The molecule has 0 aromatic heterocycles. The van der Waals surface area contributed by atoms with E-state index in [0.717, 1.165) is 25.7 Å². The van der Waals surface area contributed by atoms with Gasteiger partial charge in [-0.2, -0.15) is 0 Å². The zero-order valence-electron chi connectivity index (χ0n) is 11.3. The maximum atomic E-state index is 12.5. The van der Waals surface area contributed by atoms with Crippen LogP contribution in [0.3, 0.4) is 0 Å². The lowest BCUT2D eigenvalue weighted by Gasteiger charge is -2.32. The zero-order chi connectivity index (χ0) is 13.3. The Bertz CT molecular complexity index is 341. The van der Waals surface area contributed by atoms with Gasteiger partial charge in [-0.3, -0.25) is 9.59 Å². The third-order valence-electron chi connectivity index (χ3n) is 4.16. The standard InChI is InChI=1S/C14H23NO3/c1-10(2)9-15(11-5-3-4-6-11)12(16)14(7-8-14)13(17)18/h10-11H,3-9H2,1-2H3,(H,17,18). The number of carbonyl (C=O) groups excluding carboxylic acids is 1. The van der Waals surface area contributed by atoms with Crippen LogP contribution >= 0.6 is 0 Å². The van der Waals surface area contributed by atoms with E-state index < -0.39 is 11.4 Å². The number of carbonyl (C=O) groups is 2. The molecule has 0 aromatic rings. The molecule has 0 spiro atoms. The predicted octanol–water partition coefficient (Wildman–Crippen LogP) is 2.28. The van der Waals surface area contributed by atoms with Crippen molar-refractivity contribution >= 4 is 11.9 Å². The molecule has 2 rings (SSSR count). The highest BCUT2D eigenvalue weighted by atomic mass is 16.4. The molecule has 2 saturated carbocycles. The van der Waals surface area contributed by atoms with Gasteiger partial charge >= 0.3 is 5.97 Å². The first-order valence-electron chi connectivity index (χ1n) is 7.02. The minimum Gasteiger partial charge on any atom is -0.480 e. The highest BCUT2D eigenvalue weighted by Crippen LogP contribution is 2.48. The Balaban J connectivity index is 2.13. The molecule has 0 heterocycles. The van der Waals surface area contributed by atoms with Crippen molar-refractivity contribution in [2.75, 3.05) is 6.54 Å².